The molecular weight excluding hydrogens is 658 g/mol. The highest BCUT2D eigenvalue weighted by Gasteiger charge is 2.42. The van der Waals surface area contributed by atoms with Crippen molar-refractivity contribution < 1.29 is 56.4 Å². The fraction of sp³-hybridized carbons (Fsp3) is 0.472. The standard InChI is InChI=1S/C36H44F2N2O10/c1-7-10-31(42)49-21-36(2,3)33(43)34(44)40-14-9-8-11-27(40)35(45)50-28(13-12-22-15-25(38)19-29(46-5)32(22)47-6)23-16-24(37)18-26(17-23)48-20-30(41)39-4/h7,10,15-19,27-28H,8-9,11-14,20-21H2,1-6H3,(H,39,41)/b10-7-/t27-,28+/m0/s1. The molecule has 12 nitrogen and oxygen atoms in total. The number of likely N-dealkylation sites (tertiary alicyclic amines) is 1. The Morgan fingerprint density at radius 1 is 1.02 bits per heavy atom. The van der Waals surface area contributed by atoms with Crippen molar-refractivity contribution in [2.45, 2.75) is 65.0 Å². The van der Waals surface area contributed by atoms with Gasteiger partial charge in [-0.3, -0.25) is 14.4 Å². The Bertz CT molecular complexity index is 1590. The maximum Gasteiger partial charge on any atom is 0.330 e. The molecule has 1 fully saturated rings. The van der Waals surface area contributed by atoms with E-state index < -0.39 is 65.3 Å². The Labute approximate surface area is 290 Å². The highest BCUT2D eigenvalue weighted by Crippen LogP contribution is 2.36. The number of carbonyl (C=O) groups is 5. The third kappa shape index (κ3) is 10.5. The number of Topliss-reactive ketones (excluding diaryl/α,β-unsaturated/α-hetero) is 1. The molecule has 2 aromatic carbocycles. The van der Waals surface area contributed by atoms with Crippen molar-refractivity contribution in [3.8, 4) is 17.2 Å². The highest BCUT2D eigenvalue weighted by molar-refractivity contribution is 6.38. The molecule has 1 aliphatic rings. The first-order valence-corrected chi connectivity index (χ1v) is 16.1. The lowest BCUT2D eigenvalue weighted by Crippen LogP contribution is -2.53. The topological polar surface area (TPSA) is 147 Å². The van der Waals surface area contributed by atoms with Crippen LogP contribution in [0.3, 0.4) is 0 Å². The normalized spacial score (nSPS) is 15.2. The molecule has 1 aliphatic heterocycles. The van der Waals surface area contributed by atoms with Crippen LogP contribution in [-0.4, -0.2) is 81.5 Å². The summed E-state index contributed by atoms with van der Waals surface area (Å²) in [6.07, 6.45) is 2.87. The maximum absolute atomic E-state index is 14.9. The maximum atomic E-state index is 14.9. The van der Waals surface area contributed by atoms with Crippen molar-refractivity contribution in [2.75, 3.05) is 41.0 Å². The number of methoxy groups -OCH3 is 2. The summed E-state index contributed by atoms with van der Waals surface area (Å²) in [5, 5.41) is 2.40. The molecule has 14 heteroatoms. The SMILES string of the molecule is C/C=C\C(=O)OCC(C)(C)C(=O)C(=O)N1CCCC[C@H]1C(=O)O[C@H](CCc1cc(F)cc(OC)c1OC)c1cc(F)cc(OCC(=O)NC)c1. The first-order valence-electron chi connectivity index (χ1n) is 16.1. The van der Waals surface area contributed by atoms with Gasteiger partial charge in [-0.15, -0.1) is 0 Å². The molecule has 0 saturated carbocycles. The van der Waals surface area contributed by atoms with E-state index in [1.807, 2.05) is 0 Å². The molecule has 2 aromatic rings. The van der Waals surface area contributed by atoms with Crippen LogP contribution in [0.5, 0.6) is 17.2 Å². The third-order valence-electron chi connectivity index (χ3n) is 8.09. The average molecular weight is 703 g/mol. The number of nitrogens with zero attached hydrogens (tertiary/aromatic N) is 1. The number of likely N-dealkylation sites (N-methyl/N-ethyl adjacent to an activating group) is 1. The van der Waals surface area contributed by atoms with Crippen LogP contribution in [0.15, 0.2) is 42.5 Å². The molecule has 0 aliphatic carbocycles. The molecule has 2 atom stereocenters. The number of carbonyl (C=O) groups excluding carboxylic acids is 5. The zero-order valence-electron chi connectivity index (χ0n) is 29.1. The van der Waals surface area contributed by atoms with Gasteiger partial charge in [-0.1, -0.05) is 6.08 Å². The van der Waals surface area contributed by atoms with Crippen LogP contribution in [0.2, 0.25) is 0 Å². The van der Waals surface area contributed by atoms with E-state index in [1.54, 1.807) is 6.92 Å². The number of allylic oxidation sites excluding steroid dienone is 1. The minimum absolute atomic E-state index is 0.00273. The van der Waals surface area contributed by atoms with E-state index in [4.69, 9.17) is 23.7 Å². The monoisotopic (exact) mass is 702 g/mol. The number of piperidine rings is 1. The van der Waals surface area contributed by atoms with Gasteiger partial charge in [0, 0.05) is 37.4 Å². The van der Waals surface area contributed by atoms with Gasteiger partial charge in [0.15, 0.2) is 18.1 Å². The van der Waals surface area contributed by atoms with Crippen LogP contribution in [0.4, 0.5) is 8.78 Å². The van der Waals surface area contributed by atoms with Crippen LogP contribution in [0, 0.1) is 17.0 Å². The van der Waals surface area contributed by atoms with Crippen molar-refractivity contribution in [2.24, 2.45) is 5.41 Å². The molecule has 50 heavy (non-hydrogen) atoms. The van der Waals surface area contributed by atoms with Gasteiger partial charge in [-0.05, 0) is 76.6 Å². The highest BCUT2D eigenvalue weighted by atomic mass is 19.1. The van der Waals surface area contributed by atoms with Gasteiger partial charge in [0.05, 0.1) is 19.6 Å². The molecule has 1 heterocycles. The number of ether oxygens (including phenoxy) is 5. The fourth-order valence-corrected chi connectivity index (χ4v) is 5.41. The summed E-state index contributed by atoms with van der Waals surface area (Å²) in [6.45, 7) is 3.90. The second-order valence-corrected chi connectivity index (χ2v) is 12.3. The van der Waals surface area contributed by atoms with E-state index in [1.165, 1.54) is 59.4 Å². The Morgan fingerprint density at radius 2 is 1.74 bits per heavy atom. The fourth-order valence-electron chi connectivity index (χ4n) is 5.41. The van der Waals surface area contributed by atoms with E-state index in [0.717, 1.165) is 23.1 Å². The number of rotatable bonds is 16. The predicted octanol–water partition coefficient (Wildman–Crippen LogP) is 4.42. The molecule has 0 spiro atoms. The number of hydrogen-bond acceptors (Lipinski definition) is 10. The molecule has 2 amide bonds. The van der Waals surface area contributed by atoms with Gasteiger partial charge < -0.3 is 33.9 Å². The molecule has 0 unspecified atom stereocenters. The summed E-state index contributed by atoms with van der Waals surface area (Å²) in [7, 11) is 4.17. The first-order chi connectivity index (χ1) is 23.7. The summed E-state index contributed by atoms with van der Waals surface area (Å²) in [6, 6.07) is 4.87. The molecule has 0 bridgehead atoms. The Hall–Kier alpha value is -5.01. The summed E-state index contributed by atoms with van der Waals surface area (Å²) >= 11 is 0. The third-order valence-corrected chi connectivity index (χ3v) is 8.09. The summed E-state index contributed by atoms with van der Waals surface area (Å²) in [4.78, 5) is 65.6. The van der Waals surface area contributed by atoms with Crippen LogP contribution < -0.4 is 19.5 Å². The molecule has 3 rings (SSSR count). The number of halogens is 2. The molecular formula is C36H44F2N2O10. The van der Waals surface area contributed by atoms with Gasteiger partial charge in [0.1, 0.15) is 36.1 Å². The molecule has 272 valence electrons. The molecule has 1 N–H and O–H groups in total. The van der Waals surface area contributed by atoms with E-state index in [9.17, 15) is 32.8 Å². The lowest BCUT2D eigenvalue weighted by atomic mass is 9.87. The summed E-state index contributed by atoms with van der Waals surface area (Å²) < 4.78 is 56.7. The number of hydrogen-bond donors (Lipinski definition) is 1. The Morgan fingerprint density at radius 3 is 2.40 bits per heavy atom. The van der Waals surface area contributed by atoms with Gasteiger partial charge in [0.25, 0.3) is 11.8 Å². The van der Waals surface area contributed by atoms with Gasteiger partial charge >= 0.3 is 11.9 Å². The number of nitrogens with one attached hydrogen (secondary N) is 1. The Balaban J connectivity index is 1.93. The Kier molecular flexibility index (Phi) is 14.3. The largest absolute Gasteiger partial charge is 0.493 e. The predicted molar refractivity (Wildman–Crippen MR) is 177 cm³/mol. The van der Waals surface area contributed by atoms with Crippen LogP contribution in [0.25, 0.3) is 0 Å². The van der Waals surface area contributed by atoms with Crippen LogP contribution in [0.1, 0.15) is 63.7 Å². The number of amides is 2. The van der Waals surface area contributed by atoms with E-state index >= 15 is 0 Å². The van der Waals surface area contributed by atoms with Gasteiger partial charge in [0.2, 0.25) is 5.78 Å². The summed E-state index contributed by atoms with van der Waals surface area (Å²) in [5.74, 6) is -4.68. The first kappa shape index (κ1) is 39.4. The quantitative estimate of drug-likeness (QED) is 0.152. The van der Waals surface area contributed by atoms with Crippen molar-refractivity contribution in [3.05, 3.63) is 65.2 Å². The average Bonchev–Trinajstić information content (AvgIpc) is 3.10. The lowest BCUT2D eigenvalue weighted by Gasteiger charge is -2.36. The van der Waals surface area contributed by atoms with Crippen LogP contribution >= 0.6 is 0 Å². The van der Waals surface area contributed by atoms with Gasteiger partial charge in [-0.25, -0.2) is 18.4 Å². The van der Waals surface area contributed by atoms with E-state index in [-0.39, 0.29) is 55.2 Å². The number of ketones is 1. The van der Waals surface area contributed by atoms with Crippen molar-refractivity contribution in [1.29, 1.82) is 0 Å². The number of benzene rings is 2. The zero-order valence-corrected chi connectivity index (χ0v) is 29.1. The molecule has 0 aromatic heterocycles. The molecule has 0 radical (unpaired) electrons. The van der Waals surface area contributed by atoms with Gasteiger partial charge in [-0.2, -0.15) is 0 Å². The number of esters is 2. The van der Waals surface area contributed by atoms with Crippen molar-refractivity contribution >= 4 is 29.5 Å². The second kappa shape index (κ2) is 18.1. The zero-order chi connectivity index (χ0) is 37.0. The summed E-state index contributed by atoms with van der Waals surface area (Å²) in [5.41, 5.74) is -0.836. The molecule has 1 saturated heterocycles. The minimum atomic E-state index is -1.39. The van der Waals surface area contributed by atoms with Crippen molar-refractivity contribution in [3.63, 3.8) is 0 Å². The second-order valence-electron chi connectivity index (χ2n) is 12.3. The van der Waals surface area contributed by atoms with E-state index in [2.05, 4.69) is 5.32 Å². The van der Waals surface area contributed by atoms with Crippen molar-refractivity contribution in [1.82, 2.24) is 10.2 Å². The number of aryl methyl sites for hydroxylation is 1. The smallest absolute Gasteiger partial charge is 0.330 e. The minimum Gasteiger partial charge on any atom is -0.493 e. The van der Waals surface area contributed by atoms with E-state index in [0.29, 0.717) is 18.4 Å². The van der Waals surface area contributed by atoms with Crippen LogP contribution in [-0.2, 0) is 39.9 Å². The lowest BCUT2D eigenvalue weighted by molar-refractivity contribution is -0.165.